The molecule has 0 radical (unpaired) electrons. The van der Waals surface area contributed by atoms with Gasteiger partial charge in [-0.1, -0.05) is 37.3 Å². The van der Waals surface area contributed by atoms with E-state index in [4.69, 9.17) is 14.2 Å². The van der Waals surface area contributed by atoms with E-state index in [1.807, 2.05) is 49.4 Å². The highest BCUT2D eigenvalue weighted by Gasteiger charge is 2.18. The van der Waals surface area contributed by atoms with Crippen LogP contribution in [0.5, 0.6) is 17.2 Å². The molecule has 2 aromatic rings. The zero-order valence-corrected chi connectivity index (χ0v) is 13.7. The van der Waals surface area contributed by atoms with Gasteiger partial charge in [0.25, 0.3) is 0 Å². The second-order valence-corrected chi connectivity index (χ2v) is 5.53. The molecule has 0 saturated heterocycles. The van der Waals surface area contributed by atoms with E-state index in [1.165, 1.54) is 0 Å². The number of rotatable bonds is 7. The number of carbonyl (C=O) groups excluding carboxylic acids is 1. The molecule has 1 heterocycles. The third kappa shape index (κ3) is 3.79. The first-order chi connectivity index (χ1) is 11.8. The molecule has 2 aromatic carbocycles. The van der Waals surface area contributed by atoms with Crippen molar-refractivity contribution in [1.29, 1.82) is 0 Å². The summed E-state index contributed by atoms with van der Waals surface area (Å²) in [6, 6.07) is 15.3. The maximum absolute atomic E-state index is 12.3. The normalized spacial score (nSPS) is 13.4. The topological polar surface area (TPSA) is 56.8 Å². The highest BCUT2D eigenvalue weighted by atomic mass is 16.7. The van der Waals surface area contributed by atoms with Crippen molar-refractivity contribution in [2.24, 2.45) is 0 Å². The maximum atomic E-state index is 12.3. The van der Waals surface area contributed by atoms with Crippen LogP contribution in [0.3, 0.4) is 0 Å². The van der Waals surface area contributed by atoms with Crippen LogP contribution in [0, 0.1) is 0 Å². The quantitative estimate of drug-likeness (QED) is 0.794. The van der Waals surface area contributed by atoms with Gasteiger partial charge in [0.05, 0.1) is 12.5 Å². The Labute approximate surface area is 141 Å². The lowest BCUT2D eigenvalue weighted by atomic mass is 9.96. The predicted molar refractivity (Wildman–Crippen MR) is 90.5 cm³/mol. The number of carbonyl (C=O) groups is 1. The Morgan fingerprint density at radius 2 is 1.96 bits per heavy atom. The first kappa shape index (κ1) is 16.2. The molecule has 5 heteroatoms. The Morgan fingerprint density at radius 3 is 2.75 bits per heavy atom. The van der Waals surface area contributed by atoms with Crippen molar-refractivity contribution in [2.75, 3.05) is 19.9 Å². The van der Waals surface area contributed by atoms with Crippen LogP contribution < -0.4 is 19.5 Å². The molecule has 1 amide bonds. The molecule has 126 valence electrons. The molecule has 0 aromatic heterocycles. The average Bonchev–Trinajstić information content (AvgIpc) is 3.08. The summed E-state index contributed by atoms with van der Waals surface area (Å²) < 4.78 is 16.2. The third-order valence-electron chi connectivity index (χ3n) is 3.94. The van der Waals surface area contributed by atoms with Crippen molar-refractivity contribution >= 4 is 5.91 Å². The van der Waals surface area contributed by atoms with Gasteiger partial charge >= 0.3 is 0 Å². The molecule has 0 saturated carbocycles. The lowest BCUT2D eigenvalue weighted by Gasteiger charge is -2.15. The molecule has 1 atom stereocenters. The van der Waals surface area contributed by atoms with E-state index >= 15 is 0 Å². The summed E-state index contributed by atoms with van der Waals surface area (Å²) in [7, 11) is 0. The smallest absolute Gasteiger partial charge is 0.231 e. The standard InChI is InChI=1S/C19H21NO4/c1-2-16(14-6-4-3-5-7-14)19(21)20-10-11-22-15-8-9-17-18(12-15)24-13-23-17/h3-9,12,16H,2,10-11,13H2,1H3,(H,20,21)/t16-/m1/s1. The molecule has 0 fully saturated rings. The molecule has 24 heavy (non-hydrogen) atoms. The Bertz CT molecular complexity index is 687. The minimum Gasteiger partial charge on any atom is -0.492 e. The monoisotopic (exact) mass is 327 g/mol. The van der Waals surface area contributed by atoms with Crippen LogP contribution in [-0.4, -0.2) is 25.9 Å². The van der Waals surface area contributed by atoms with Crippen molar-refractivity contribution in [1.82, 2.24) is 5.32 Å². The molecular weight excluding hydrogens is 306 g/mol. The van der Waals surface area contributed by atoms with Gasteiger partial charge in [-0.15, -0.1) is 0 Å². The maximum Gasteiger partial charge on any atom is 0.231 e. The number of nitrogens with one attached hydrogen (secondary N) is 1. The van der Waals surface area contributed by atoms with Crippen molar-refractivity contribution in [3.05, 3.63) is 54.1 Å². The van der Waals surface area contributed by atoms with E-state index in [2.05, 4.69) is 5.32 Å². The van der Waals surface area contributed by atoms with Gasteiger partial charge in [-0.05, 0) is 24.1 Å². The van der Waals surface area contributed by atoms with E-state index in [1.54, 1.807) is 6.07 Å². The van der Waals surface area contributed by atoms with Gasteiger partial charge in [0.15, 0.2) is 11.5 Å². The zero-order chi connectivity index (χ0) is 16.8. The summed E-state index contributed by atoms with van der Waals surface area (Å²) in [5.41, 5.74) is 1.04. The molecule has 0 unspecified atom stereocenters. The van der Waals surface area contributed by atoms with Crippen LogP contribution in [0.2, 0.25) is 0 Å². The Kier molecular flexibility index (Phi) is 5.21. The molecule has 0 spiro atoms. The minimum atomic E-state index is -0.128. The van der Waals surface area contributed by atoms with Crippen molar-refractivity contribution in [3.8, 4) is 17.2 Å². The van der Waals surface area contributed by atoms with Crippen LogP contribution in [0.1, 0.15) is 24.8 Å². The van der Waals surface area contributed by atoms with E-state index in [0.29, 0.717) is 24.7 Å². The lowest BCUT2D eigenvalue weighted by Crippen LogP contribution is -2.32. The van der Waals surface area contributed by atoms with Gasteiger partial charge in [0.1, 0.15) is 12.4 Å². The zero-order valence-electron chi connectivity index (χ0n) is 13.7. The lowest BCUT2D eigenvalue weighted by molar-refractivity contribution is -0.122. The fourth-order valence-corrected chi connectivity index (χ4v) is 2.69. The molecule has 1 aliphatic rings. The Morgan fingerprint density at radius 1 is 1.17 bits per heavy atom. The number of amides is 1. The predicted octanol–water partition coefficient (Wildman–Crippen LogP) is 3.10. The van der Waals surface area contributed by atoms with Crippen molar-refractivity contribution in [2.45, 2.75) is 19.3 Å². The van der Waals surface area contributed by atoms with E-state index < -0.39 is 0 Å². The van der Waals surface area contributed by atoms with Gasteiger partial charge in [-0.2, -0.15) is 0 Å². The van der Waals surface area contributed by atoms with E-state index in [0.717, 1.165) is 17.7 Å². The van der Waals surface area contributed by atoms with Gasteiger partial charge in [-0.3, -0.25) is 4.79 Å². The summed E-state index contributed by atoms with van der Waals surface area (Å²) in [5, 5.41) is 2.93. The third-order valence-corrected chi connectivity index (χ3v) is 3.94. The number of ether oxygens (including phenoxy) is 3. The molecule has 3 rings (SSSR count). The van der Waals surface area contributed by atoms with Crippen molar-refractivity contribution in [3.63, 3.8) is 0 Å². The highest BCUT2D eigenvalue weighted by molar-refractivity contribution is 5.83. The Balaban J connectivity index is 1.46. The van der Waals surface area contributed by atoms with E-state index in [9.17, 15) is 4.79 Å². The highest BCUT2D eigenvalue weighted by Crippen LogP contribution is 2.34. The molecule has 1 N–H and O–H groups in total. The van der Waals surface area contributed by atoms with Gasteiger partial charge < -0.3 is 19.5 Å². The van der Waals surface area contributed by atoms with Gasteiger partial charge in [0, 0.05) is 6.07 Å². The molecule has 1 aliphatic heterocycles. The van der Waals surface area contributed by atoms with Gasteiger partial charge in [-0.25, -0.2) is 0 Å². The fourth-order valence-electron chi connectivity index (χ4n) is 2.69. The summed E-state index contributed by atoms with van der Waals surface area (Å²) in [6.45, 7) is 3.11. The number of hydrogen-bond donors (Lipinski definition) is 1. The van der Waals surface area contributed by atoms with Crippen LogP contribution in [-0.2, 0) is 4.79 Å². The van der Waals surface area contributed by atoms with Gasteiger partial charge in [0.2, 0.25) is 12.7 Å². The summed E-state index contributed by atoms with van der Waals surface area (Å²) in [4.78, 5) is 12.3. The molecule has 0 bridgehead atoms. The Hall–Kier alpha value is -2.69. The second-order valence-electron chi connectivity index (χ2n) is 5.53. The average molecular weight is 327 g/mol. The molecule has 5 nitrogen and oxygen atoms in total. The summed E-state index contributed by atoms with van der Waals surface area (Å²) in [6.07, 6.45) is 0.763. The second kappa shape index (κ2) is 7.73. The fraction of sp³-hybridized carbons (Fsp3) is 0.316. The number of fused-ring (bicyclic) bond motifs is 1. The van der Waals surface area contributed by atoms with Crippen LogP contribution >= 0.6 is 0 Å². The molecule has 0 aliphatic carbocycles. The first-order valence-corrected chi connectivity index (χ1v) is 8.13. The van der Waals surface area contributed by atoms with Crippen LogP contribution in [0.25, 0.3) is 0 Å². The van der Waals surface area contributed by atoms with Crippen molar-refractivity contribution < 1.29 is 19.0 Å². The minimum absolute atomic E-state index is 0.0259. The number of hydrogen-bond acceptors (Lipinski definition) is 4. The first-order valence-electron chi connectivity index (χ1n) is 8.13. The number of benzene rings is 2. The van der Waals surface area contributed by atoms with Crippen LogP contribution in [0.15, 0.2) is 48.5 Å². The van der Waals surface area contributed by atoms with E-state index in [-0.39, 0.29) is 18.6 Å². The summed E-state index contributed by atoms with van der Waals surface area (Å²) >= 11 is 0. The van der Waals surface area contributed by atoms with Crippen LogP contribution in [0.4, 0.5) is 0 Å². The largest absolute Gasteiger partial charge is 0.492 e. The SMILES string of the molecule is CC[C@@H](C(=O)NCCOc1ccc2c(c1)OCO2)c1ccccc1. The molecular formula is C19H21NO4. The summed E-state index contributed by atoms with van der Waals surface area (Å²) in [5.74, 6) is 2.01.